The minimum atomic E-state index is -4.02. The highest BCUT2D eigenvalue weighted by molar-refractivity contribution is 7.93. The SMILES string of the molecule is COc1ccc(S(=O)(=O)NC[C@@H](c2cccnc2)S(=O)(=O)c2cccs2)cc1OC. The standard InChI is InChI=1S/C19H20N2O6S3/c1-26-16-8-7-15(11-17(16)27-2)30(24,25)21-13-18(14-5-3-9-20-12-14)29(22,23)19-6-4-10-28-19/h3-12,18,21H,13H2,1-2H3/t18-/m0/s1. The third-order valence-corrected chi connectivity index (χ3v) is 9.28. The predicted molar refractivity (Wildman–Crippen MR) is 113 cm³/mol. The Balaban J connectivity index is 1.93. The van der Waals surface area contributed by atoms with Gasteiger partial charge in [0.25, 0.3) is 0 Å². The third kappa shape index (κ3) is 4.64. The first-order chi connectivity index (χ1) is 14.3. The highest BCUT2D eigenvalue weighted by Gasteiger charge is 2.32. The molecule has 0 saturated carbocycles. The van der Waals surface area contributed by atoms with Crippen molar-refractivity contribution in [1.29, 1.82) is 0 Å². The van der Waals surface area contributed by atoms with Crippen molar-refractivity contribution in [2.75, 3.05) is 20.8 Å². The molecule has 3 aromatic rings. The van der Waals surface area contributed by atoms with E-state index in [2.05, 4.69) is 9.71 Å². The average molecular weight is 469 g/mol. The molecule has 3 rings (SSSR count). The molecule has 8 nitrogen and oxygen atoms in total. The fraction of sp³-hybridized carbons (Fsp3) is 0.211. The van der Waals surface area contributed by atoms with E-state index in [9.17, 15) is 16.8 Å². The van der Waals surface area contributed by atoms with Crippen molar-refractivity contribution in [1.82, 2.24) is 9.71 Å². The van der Waals surface area contributed by atoms with Gasteiger partial charge in [-0.25, -0.2) is 21.6 Å². The molecule has 0 spiro atoms. The molecule has 0 fully saturated rings. The lowest BCUT2D eigenvalue weighted by Crippen LogP contribution is -2.32. The molecule has 30 heavy (non-hydrogen) atoms. The molecule has 0 amide bonds. The average Bonchev–Trinajstić information content (AvgIpc) is 3.30. The van der Waals surface area contributed by atoms with Gasteiger partial charge < -0.3 is 9.47 Å². The Bertz CT molecular complexity index is 1190. The number of sulfonamides is 1. The number of methoxy groups -OCH3 is 2. The van der Waals surface area contributed by atoms with Crippen LogP contribution >= 0.6 is 11.3 Å². The van der Waals surface area contributed by atoms with Crippen molar-refractivity contribution < 1.29 is 26.3 Å². The summed E-state index contributed by atoms with van der Waals surface area (Å²) in [7, 11) is -5.01. The maximum atomic E-state index is 13.1. The van der Waals surface area contributed by atoms with Gasteiger partial charge in [-0.1, -0.05) is 12.1 Å². The van der Waals surface area contributed by atoms with Gasteiger partial charge in [0.1, 0.15) is 9.46 Å². The van der Waals surface area contributed by atoms with E-state index in [4.69, 9.17) is 9.47 Å². The topological polar surface area (TPSA) is 112 Å². The van der Waals surface area contributed by atoms with Crippen LogP contribution in [0.15, 0.2) is 69.3 Å². The number of sulfone groups is 1. The van der Waals surface area contributed by atoms with E-state index in [1.807, 2.05) is 0 Å². The van der Waals surface area contributed by atoms with Gasteiger partial charge in [-0.2, -0.15) is 0 Å². The van der Waals surface area contributed by atoms with E-state index in [1.165, 1.54) is 50.9 Å². The van der Waals surface area contributed by atoms with Crippen LogP contribution in [0.25, 0.3) is 0 Å². The first-order valence-electron chi connectivity index (χ1n) is 8.68. The Hall–Kier alpha value is -2.47. The van der Waals surface area contributed by atoms with E-state index in [-0.39, 0.29) is 21.4 Å². The molecule has 1 N–H and O–H groups in total. The largest absolute Gasteiger partial charge is 0.493 e. The molecule has 0 saturated heterocycles. The molecular weight excluding hydrogens is 448 g/mol. The summed E-state index contributed by atoms with van der Waals surface area (Å²) in [5.41, 5.74) is 0.390. The normalized spacial score (nSPS) is 13.0. The molecule has 2 aromatic heterocycles. The van der Waals surface area contributed by atoms with Crippen LogP contribution in [-0.2, 0) is 19.9 Å². The fourth-order valence-electron chi connectivity index (χ4n) is 2.79. The van der Waals surface area contributed by atoms with Crippen LogP contribution in [0.5, 0.6) is 11.5 Å². The van der Waals surface area contributed by atoms with E-state index in [0.29, 0.717) is 11.3 Å². The number of aromatic nitrogens is 1. The minimum absolute atomic E-state index is 0.0707. The van der Waals surface area contributed by atoms with E-state index < -0.39 is 25.1 Å². The summed E-state index contributed by atoms with van der Waals surface area (Å²) in [6.45, 7) is -0.359. The molecule has 11 heteroatoms. The molecule has 0 aliphatic rings. The summed E-state index contributed by atoms with van der Waals surface area (Å²) >= 11 is 1.08. The lowest BCUT2D eigenvalue weighted by atomic mass is 10.2. The van der Waals surface area contributed by atoms with Crippen molar-refractivity contribution in [2.24, 2.45) is 0 Å². The molecule has 0 bridgehead atoms. The van der Waals surface area contributed by atoms with E-state index >= 15 is 0 Å². The van der Waals surface area contributed by atoms with Crippen molar-refractivity contribution in [3.63, 3.8) is 0 Å². The molecular formula is C19H20N2O6S3. The lowest BCUT2D eigenvalue weighted by Gasteiger charge is -2.18. The number of rotatable bonds is 9. The van der Waals surface area contributed by atoms with Crippen molar-refractivity contribution >= 4 is 31.2 Å². The number of thiophene rings is 1. The zero-order chi connectivity index (χ0) is 21.8. The zero-order valence-corrected chi connectivity index (χ0v) is 18.6. The summed E-state index contributed by atoms with van der Waals surface area (Å²) in [6, 6.07) is 10.5. The second kappa shape index (κ2) is 9.13. The van der Waals surface area contributed by atoms with Gasteiger partial charge >= 0.3 is 0 Å². The molecule has 0 aliphatic carbocycles. The number of benzene rings is 1. The fourth-order valence-corrected chi connectivity index (χ4v) is 6.81. The second-order valence-electron chi connectivity index (χ2n) is 6.12. The number of hydrogen-bond acceptors (Lipinski definition) is 8. The van der Waals surface area contributed by atoms with Crippen molar-refractivity contribution in [2.45, 2.75) is 14.4 Å². The molecule has 0 unspecified atom stereocenters. The summed E-state index contributed by atoms with van der Waals surface area (Å²) in [5, 5.41) is 0.515. The van der Waals surface area contributed by atoms with Crippen LogP contribution in [0.4, 0.5) is 0 Å². The summed E-state index contributed by atoms with van der Waals surface area (Å²) in [6.07, 6.45) is 2.94. The van der Waals surface area contributed by atoms with Crippen LogP contribution < -0.4 is 14.2 Å². The Morgan fingerprint density at radius 3 is 2.40 bits per heavy atom. The summed E-state index contributed by atoms with van der Waals surface area (Å²) in [5.74, 6) is 0.625. The number of ether oxygens (including phenoxy) is 2. The quantitative estimate of drug-likeness (QED) is 0.514. The highest BCUT2D eigenvalue weighted by Crippen LogP contribution is 2.32. The van der Waals surface area contributed by atoms with Crippen LogP contribution in [0, 0.1) is 0 Å². The third-order valence-electron chi connectivity index (χ3n) is 4.33. The lowest BCUT2D eigenvalue weighted by molar-refractivity contribution is 0.354. The maximum Gasteiger partial charge on any atom is 0.240 e. The smallest absolute Gasteiger partial charge is 0.240 e. The molecule has 2 heterocycles. The zero-order valence-electron chi connectivity index (χ0n) is 16.2. The molecule has 160 valence electrons. The van der Waals surface area contributed by atoms with Crippen LogP contribution in [0.3, 0.4) is 0 Å². The van der Waals surface area contributed by atoms with E-state index in [1.54, 1.807) is 23.6 Å². The Labute approximate surface area is 179 Å². The molecule has 1 aromatic carbocycles. The predicted octanol–water partition coefficient (Wildman–Crippen LogP) is 2.65. The number of nitrogens with one attached hydrogen (secondary N) is 1. The van der Waals surface area contributed by atoms with Gasteiger partial charge in [0, 0.05) is 25.0 Å². The number of pyridine rings is 1. The van der Waals surface area contributed by atoms with Gasteiger partial charge in [-0.05, 0) is 35.2 Å². The Morgan fingerprint density at radius 2 is 1.80 bits per heavy atom. The minimum Gasteiger partial charge on any atom is -0.493 e. The van der Waals surface area contributed by atoms with Crippen molar-refractivity contribution in [3.05, 3.63) is 65.8 Å². The maximum absolute atomic E-state index is 13.1. The monoisotopic (exact) mass is 468 g/mol. The van der Waals surface area contributed by atoms with Crippen LogP contribution in [0.2, 0.25) is 0 Å². The molecule has 0 radical (unpaired) electrons. The van der Waals surface area contributed by atoms with Gasteiger partial charge in [0.2, 0.25) is 10.0 Å². The Morgan fingerprint density at radius 1 is 1.03 bits per heavy atom. The van der Waals surface area contributed by atoms with Gasteiger partial charge in [0.15, 0.2) is 21.3 Å². The Kier molecular flexibility index (Phi) is 6.76. The van der Waals surface area contributed by atoms with Crippen molar-refractivity contribution in [3.8, 4) is 11.5 Å². The first-order valence-corrected chi connectivity index (χ1v) is 12.6. The second-order valence-corrected chi connectivity index (χ2v) is 11.2. The number of nitrogens with zero attached hydrogens (tertiary/aromatic N) is 1. The highest BCUT2D eigenvalue weighted by atomic mass is 32.2. The summed E-state index contributed by atoms with van der Waals surface area (Å²) < 4.78 is 64.8. The molecule has 0 aliphatic heterocycles. The summed E-state index contributed by atoms with van der Waals surface area (Å²) in [4.78, 5) is 3.91. The number of hydrogen-bond donors (Lipinski definition) is 1. The van der Waals surface area contributed by atoms with Gasteiger partial charge in [-0.3, -0.25) is 4.98 Å². The van der Waals surface area contributed by atoms with E-state index in [0.717, 1.165) is 11.3 Å². The van der Waals surface area contributed by atoms with Crippen LogP contribution in [-0.4, -0.2) is 42.6 Å². The van der Waals surface area contributed by atoms with Crippen LogP contribution in [0.1, 0.15) is 10.8 Å². The van der Waals surface area contributed by atoms with Gasteiger partial charge in [0.05, 0.1) is 19.1 Å². The van der Waals surface area contributed by atoms with Gasteiger partial charge in [-0.15, -0.1) is 11.3 Å². The first kappa shape index (κ1) is 22.2. The molecule has 1 atom stereocenters.